The second-order valence-electron chi connectivity index (χ2n) is 2.74. The highest BCUT2D eigenvalue weighted by Crippen LogP contribution is 2.26. The Morgan fingerprint density at radius 2 is 2.30 bits per heavy atom. The zero-order chi connectivity index (χ0) is 8.15. The van der Waals surface area contributed by atoms with Crippen molar-refractivity contribution in [1.82, 2.24) is 0 Å². The second kappa shape index (κ2) is 4.70. The molecule has 0 aromatic heterocycles. The van der Waals surface area contributed by atoms with E-state index >= 15 is 0 Å². The van der Waals surface area contributed by atoms with Crippen LogP contribution in [0.3, 0.4) is 0 Å². The van der Waals surface area contributed by atoms with E-state index in [-0.39, 0.29) is 5.66 Å². The molecule has 60 valence electrons. The maximum atomic E-state index is 10.5. The molecule has 0 fully saturated rings. The summed E-state index contributed by atoms with van der Waals surface area (Å²) >= 11 is 0. The van der Waals surface area contributed by atoms with Gasteiger partial charge < -0.3 is 4.89 Å². The molecule has 0 aliphatic heterocycles. The van der Waals surface area contributed by atoms with Crippen LogP contribution in [0.5, 0.6) is 0 Å². The minimum atomic E-state index is -2.30. The molecule has 0 spiro atoms. The van der Waals surface area contributed by atoms with Crippen LogP contribution in [0.1, 0.15) is 26.7 Å². The van der Waals surface area contributed by atoms with Crippen LogP contribution in [0.2, 0.25) is 0 Å². The van der Waals surface area contributed by atoms with Gasteiger partial charge in [-0.25, -0.2) is 0 Å². The van der Waals surface area contributed by atoms with Crippen LogP contribution < -0.4 is 0 Å². The minimum Gasteiger partial charge on any atom is -0.346 e. The Balaban J connectivity index is 3.49. The molecule has 1 N–H and O–H groups in total. The lowest BCUT2D eigenvalue weighted by atomic mass is 10.1. The molecule has 0 aliphatic rings. The SMILES string of the molecule is C=C(C)CCC(C)[PH](=O)O. The molecule has 0 bridgehead atoms. The molecule has 2 unspecified atom stereocenters. The van der Waals surface area contributed by atoms with Gasteiger partial charge in [0.25, 0.3) is 0 Å². The standard InChI is InChI=1S/C7H15O2P/c1-6(2)4-5-7(3)10(8)9/h7,10H,1,4-5H2,2-3H3,(H,8,9). The summed E-state index contributed by atoms with van der Waals surface area (Å²) in [6.07, 6.45) is 1.64. The van der Waals surface area contributed by atoms with E-state index in [9.17, 15) is 4.57 Å². The summed E-state index contributed by atoms with van der Waals surface area (Å²) in [5.74, 6) is 0. The summed E-state index contributed by atoms with van der Waals surface area (Å²) in [5.41, 5.74) is 1.02. The highest BCUT2D eigenvalue weighted by Gasteiger charge is 2.06. The first-order valence-corrected chi connectivity index (χ1v) is 4.84. The summed E-state index contributed by atoms with van der Waals surface area (Å²) in [6.45, 7) is 7.44. The van der Waals surface area contributed by atoms with Crippen molar-refractivity contribution in [3.05, 3.63) is 12.2 Å². The molecule has 0 aromatic rings. The molecule has 0 amide bonds. The Bertz CT molecular complexity index is 143. The van der Waals surface area contributed by atoms with Crippen molar-refractivity contribution in [2.24, 2.45) is 0 Å². The van der Waals surface area contributed by atoms with Crippen LogP contribution in [-0.4, -0.2) is 10.6 Å². The molecular weight excluding hydrogens is 147 g/mol. The zero-order valence-corrected chi connectivity index (χ0v) is 7.55. The zero-order valence-electron chi connectivity index (χ0n) is 6.55. The Labute approximate surface area is 62.8 Å². The molecule has 3 heteroatoms. The minimum absolute atomic E-state index is 0.0540. The maximum absolute atomic E-state index is 10.5. The van der Waals surface area contributed by atoms with E-state index < -0.39 is 8.03 Å². The third-order valence-electron chi connectivity index (χ3n) is 1.43. The van der Waals surface area contributed by atoms with Gasteiger partial charge in [0.2, 0.25) is 0 Å². The predicted octanol–water partition coefficient (Wildman–Crippen LogP) is 2.20. The van der Waals surface area contributed by atoms with E-state index in [0.29, 0.717) is 0 Å². The molecule has 0 radical (unpaired) electrons. The van der Waals surface area contributed by atoms with Crippen molar-refractivity contribution in [1.29, 1.82) is 0 Å². The van der Waals surface area contributed by atoms with E-state index in [1.807, 2.05) is 6.92 Å². The third kappa shape index (κ3) is 4.78. The average Bonchev–Trinajstić information content (AvgIpc) is 1.82. The van der Waals surface area contributed by atoms with Crippen molar-refractivity contribution >= 4 is 8.03 Å². The van der Waals surface area contributed by atoms with Crippen molar-refractivity contribution in [2.45, 2.75) is 32.3 Å². The van der Waals surface area contributed by atoms with Crippen LogP contribution in [-0.2, 0) is 4.57 Å². The molecule has 0 saturated heterocycles. The average molecular weight is 162 g/mol. The van der Waals surface area contributed by atoms with Gasteiger partial charge in [-0.05, 0) is 19.8 Å². The van der Waals surface area contributed by atoms with Gasteiger partial charge in [0.05, 0.1) is 0 Å². The van der Waals surface area contributed by atoms with Gasteiger partial charge in [-0.2, -0.15) is 0 Å². The Kier molecular flexibility index (Phi) is 4.67. The first-order valence-electron chi connectivity index (χ1n) is 3.41. The van der Waals surface area contributed by atoms with E-state index in [0.717, 1.165) is 18.4 Å². The monoisotopic (exact) mass is 162 g/mol. The number of hydrogen-bond acceptors (Lipinski definition) is 1. The van der Waals surface area contributed by atoms with Gasteiger partial charge in [-0.3, -0.25) is 4.57 Å². The molecule has 2 atom stereocenters. The van der Waals surface area contributed by atoms with E-state index in [4.69, 9.17) is 4.89 Å². The third-order valence-corrected chi connectivity index (χ3v) is 2.56. The Morgan fingerprint density at radius 3 is 2.60 bits per heavy atom. The predicted molar refractivity (Wildman–Crippen MR) is 44.7 cm³/mol. The fourth-order valence-electron chi connectivity index (χ4n) is 0.586. The van der Waals surface area contributed by atoms with Gasteiger partial charge in [0, 0.05) is 5.66 Å². The van der Waals surface area contributed by atoms with Gasteiger partial charge >= 0.3 is 0 Å². The lowest BCUT2D eigenvalue weighted by Crippen LogP contribution is -1.94. The summed E-state index contributed by atoms with van der Waals surface area (Å²) in [7, 11) is -2.30. The summed E-state index contributed by atoms with van der Waals surface area (Å²) in [4.78, 5) is 8.65. The molecular formula is C7H15O2P. The molecule has 2 nitrogen and oxygen atoms in total. The van der Waals surface area contributed by atoms with Crippen LogP contribution >= 0.6 is 8.03 Å². The molecule has 10 heavy (non-hydrogen) atoms. The highest BCUT2D eigenvalue weighted by molar-refractivity contribution is 7.38. The van der Waals surface area contributed by atoms with Crippen molar-refractivity contribution in [3.8, 4) is 0 Å². The summed E-state index contributed by atoms with van der Waals surface area (Å²) < 4.78 is 10.5. The van der Waals surface area contributed by atoms with Crippen LogP contribution in [0.15, 0.2) is 12.2 Å². The Morgan fingerprint density at radius 1 is 1.80 bits per heavy atom. The summed E-state index contributed by atoms with van der Waals surface area (Å²) in [5, 5.41) is 0. The maximum Gasteiger partial charge on any atom is 0.191 e. The molecule has 0 rings (SSSR count). The smallest absolute Gasteiger partial charge is 0.191 e. The lowest BCUT2D eigenvalue weighted by molar-refractivity contribution is 0.487. The fourth-order valence-corrected chi connectivity index (χ4v) is 0.978. The largest absolute Gasteiger partial charge is 0.346 e. The van der Waals surface area contributed by atoms with Crippen molar-refractivity contribution < 1.29 is 9.46 Å². The molecule has 0 heterocycles. The topological polar surface area (TPSA) is 37.3 Å². The van der Waals surface area contributed by atoms with Gasteiger partial charge in [-0.1, -0.05) is 12.5 Å². The van der Waals surface area contributed by atoms with Gasteiger partial charge in [-0.15, -0.1) is 6.58 Å². The van der Waals surface area contributed by atoms with E-state index in [1.165, 1.54) is 0 Å². The normalized spacial score (nSPS) is 16.3. The molecule has 0 aliphatic carbocycles. The first kappa shape index (κ1) is 9.93. The molecule has 0 saturated carbocycles. The fraction of sp³-hybridized carbons (Fsp3) is 0.714. The van der Waals surface area contributed by atoms with Crippen molar-refractivity contribution in [2.75, 3.05) is 0 Å². The first-order chi connectivity index (χ1) is 4.54. The Hall–Kier alpha value is -0.0700. The number of rotatable bonds is 4. The van der Waals surface area contributed by atoms with Gasteiger partial charge in [0.1, 0.15) is 0 Å². The second-order valence-corrected chi connectivity index (χ2v) is 4.40. The molecule has 0 aromatic carbocycles. The van der Waals surface area contributed by atoms with Crippen LogP contribution in [0.25, 0.3) is 0 Å². The van der Waals surface area contributed by atoms with E-state index in [1.54, 1.807) is 6.92 Å². The highest BCUT2D eigenvalue weighted by atomic mass is 31.1. The van der Waals surface area contributed by atoms with Crippen LogP contribution in [0, 0.1) is 0 Å². The quantitative estimate of drug-likeness (QED) is 0.508. The summed E-state index contributed by atoms with van der Waals surface area (Å²) in [6, 6.07) is 0. The number of allylic oxidation sites excluding steroid dienone is 1. The van der Waals surface area contributed by atoms with Crippen LogP contribution in [0.4, 0.5) is 0 Å². The lowest BCUT2D eigenvalue weighted by Gasteiger charge is -2.05. The van der Waals surface area contributed by atoms with E-state index in [2.05, 4.69) is 6.58 Å². The number of hydrogen-bond donors (Lipinski definition) is 1. The van der Waals surface area contributed by atoms with Gasteiger partial charge in [0.15, 0.2) is 8.03 Å². The van der Waals surface area contributed by atoms with Crippen molar-refractivity contribution in [3.63, 3.8) is 0 Å².